The van der Waals surface area contributed by atoms with Gasteiger partial charge in [0.2, 0.25) is 0 Å². The first-order valence-corrected chi connectivity index (χ1v) is 6.06. The Morgan fingerprint density at radius 3 is 2.88 bits per heavy atom. The maximum absolute atomic E-state index is 11.7. The van der Waals surface area contributed by atoms with Gasteiger partial charge in [-0.3, -0.25) is 4.79 Å². The molecule has 1 N–H and O–H groups in total. The number of carbonyl (C=O) groups is 1. The molecule has 84 valence electrons. The first-order chi connectivity index (χ1) is 7.66. The highest BCUT2D eigenvalue weighted by Crippen LogP contribution is 2.30. The Hall–Kier alpha value is -1.16. The average Bonchev–Trinajstić information content (AvgIpc) is 3.09. The quantitative estimate of drug-likeness (QED) is 0.671. The van der Waals surface area contributed by atoms with Crippen LogP contribution in [0.15, 0.2) is 33.8 Å². The van der Waals surface area contributed by atoms with Crippen molar-refractivity contribution in [3.05, 3.63) is 34.3 Å². The minimum atomic E-state index is -0.165. The number of nitrogens with zero attached hydrogens (tertiary/aromatic N) is 1. The van der Waals surface area contributed by atoms with Crippen LogP contribution in [-0.2, 0) is 0 Å². The lowest BCUT2D eigenvalue weighted by Gasteiger charge is -2.02. The second kappa shape index (κ2) is 4.78. The van der Waals surface area contributed by atoms with E-state index >= 15 is 0 Å². The van der Waals surface area contributed by atoms with Crippen LogP contribution in [0.3, 0.4) is 0 Å². The van der Waals surface area contributed by atoms with Crippen molar-refractivity contribution in [3.63, 3.8) is 0 Å². The Morgan fingerprint density at radius 1 is 1.50 bits per heavy atom. The van der Waals surface area contributed by atoms with Crippen LogP contribution < -0.4 is 5.43 Å². The monoisotopic (exact) mass is 280 g/mol. The molecule has 0 atom stereocenters. The van der Waals surface area contributed by atoms with Gasteiger partial charge in [-0.25, -0.2) is 5.43 Å². The molecular weight excluding hydrogens is 268 g/mol. The second-order valence-corrected chi connectivity index (χ2v) is 4.89. The fraction of sp³-hybridized carbons (Fsp3) is 0.333. The molecule has 0 spiro atoms. The Kier molecular flexibility index (Phi) is 3.39. The lowest BCUT2D eigenvalue weighted by molar-refractivity contribution is 0.0954. The first-order valence-electron chi connectivity index (χ1n) is 5.27. The van der Waals surface area contributed by atoms with Crippen LogP contribution in [0.2, 0.25) is 0 Å². The molecule has 1 aromatic rings. The van der Waals surface area contributed by atoms with E-state index in [-0.39, 0.29) is 5.91 Å². The van der Waals surface area contributed by atoms with Gasteiger partial charge in [-0.05, 0) is 43.9 Å². The third-order valence-electron chi connectivity index (χ3n) is 2.59. The molecule has 4 heteroatoms. The van der Waals surface area contributed by atoms with Crippen LogP contribution in [0.4, 0.5) is 0 Å². The van der Waals surface area contributed by atoms with Crippen LogP contribution in [0.25, 0.3) is 0 Å². The Morgan fingerprint density at radius 2 is 2.25 bits per heavy atom. The Balaban J connectivity index is 2.00. The van der Waals surface area contributed by atoms with Crippen molar-refractivity contribution in [1.82, 2.24) is 5.43 Å². The van der Waals surface area contributed by atoms with Gasteiger partial charge in [0.15, 0.2) is 0 Å². The van der Waals surface area contributed by atoms with E-state index in [0.29, 0.717) is 11.5 Å². The predicted octanol–water partition coefficient (Wildman–Crippen LogP) is 2.96. The topological polar surface area (TPSA) is 41.5 Å². The summed E-state index contributed by atoms with van der Waals surface area (Å²) in [5.74, 6) is 0.420. The zero-order valence-electron chi connectivity index (χ0n) is 9.03. The number of benzene rings is 1. The Labute approximate surface area is 103 Å². The first kappa shape index (κ1) is 11.3. The van der Waals surface area contributed by atoms with Crippen molar-refractivity contribution in [1.29, 1.82) is 0 Å². The van der Waals surface area contributed by atoms with E-state index in [1.807, 2.05) is 19.1 Å². The highest BCUT2D eigenvalue weighted by molar-refractivity contribution is 9.10. The SMILES string of the molecule is C/C(=N\NC(=O)c1cccc(Br)c1)C1CC1. The number of halogens is 1. The molecule has 0 aromatic heterocycles. The minimum absolute atomic E-state index is 0.165. The van der Waals surface area contributed by atoms with E-state index in [1.165, 1.54) is 12.8 Å². The highest BCUT2D eigenvalue weighted by Gasteiger charge is 2.24. The molecule has 1 saturated carbocycles. The van der Waals surface area contributed by atoms with E-state index in [2.05, 4.69) is 26.5 Å². The zero-order valence-corrected chi connectivity index (χ0v) is 10.6. The van der Waals surface area contributed by atoms with Crippen molar-refractivity contribution >= 4 is 27.5 Å². The van der Waals surface area contributed by atoms with Crippen molar-refractivity contribution in [3.8, 4) is 0 Å². The largest absolute Gasteiger partial charge is 0.271 e. The van der Waals surface area contributed by atoms with Crippen molar-refractivity contribution in [2.45, 2.75) is 19.8 Å². The molecule has 0 unspecified atom stereocenters. The zero-order chi connectivity index (χ0) is 11.5. The molecule has 0 heterocycles. The number of carbonyl (C=O) groups excluding carboxylic acids is 1. The Bertz CT molecular complexity index is 438. The van der Waals surface area contributed by atoms with Crippen molar-refractivity contribution in [2.75, 3.05) is 0 Å². The van der Waals surface area contributed by atoms with E-state index in [0.717, 1.165) is 10.2 Å². The van der Waals surface area contributed by atoms with Gasteiger partial charge in [0.05, 0.1) is 0 Å². The minimum Gasteiger partial charge on any atom is -0.267 e. The second-order valence-electron chi connectivity index (χ2n) is 3.98. The third-order valence-corrected chi connectivity index (χ3v) is 3.08. The standard InChI is InChI=1S/C12H13BrN2O/c1-8(9-5-6-9)14-15-12(16)10-3-2-4-11(13)7-10/h2-4,7,9H,5-6H2,1H3,(H,15,16)/b14-8+. The highest BCUT2D eigenvalue weighted by atomic mass is 79.9. The molecule has 0 radical (unpaired) electrons. The number of hydrazone groups is 1. The van der Waals surface area contributed by atoms with Gasteiger partial charge in [0.1, 0.15) is 0 Å². The van der Waals surface area contributed by atoms with Gasteiger partial charge in [-0.15, -0.1) is 0 Å². The smallest absolute Gasteiger partial charge is 0.267 e. The fourth-order valence-corrected chi connectivity index (χ4v) is 1.82. The average molecular weight is 281 g/mol. The number of nitrogens with one attached hydrogen (secondary N) is 1. The summed E-state index contributed by atoms with van der Waals surface area (Å²) in [6.07, 6.45) is 2.39. The van der Waals surface area contributed by atoms with Gasteiger partial charge in [-0.1, -0.05) is 22.0 Å². The maximum atomic E-state index is 11.7. The summed E-state index contributed by atoms with van der Waals surface area (Å²) < 4.78 is 0.892. The molecule has 0 bridgehead atoms. The molecular formula is C12H13BrN2O. The molecule has 0 saturated heterocycles. The molecule has 2 rings (SSSR count). The number of hydrogen-bond donors (Lipinski definition) is 1. The van der Waals surface area contributed by atoms with E-state index in [4.69, 9.17) is 0 Å². The van der Waals surface area contributed by atoms with Gasteiger partial charge in [0.25, 0.3) is 5.91 Å². The summed E-state index contributed by atoms with van der Waals surface area (Å²) in [7, 11) is 0. The van der Waals surface area contributed by atoms with Crippen molar-refractivity contribution in [2.24, 2.45) is 11.0 Å². The van der Waals surface area contributed by atoms with E-state index in [1.54, 1.807) is 12.1 Å². The van der Waals surface area contributed by atoms with Crippen LogP contribution in [-0.4, -0.2) is 11.6 Å². The fourth-order valence-electron chi connectivity index (χ4n) is 1.43. The summed E-state index contributed by atoms with van der Waals surface area (Å²) in [4.78, 5) is 11.7. The van der Waals surface area contributed by atoms with Crippen LogP contribution in [0, 0.1) is 5.92 Å². The molecule has 1 fully saturated rings. The molecule has 1 aromatic carbocycles. The lowest BCUT2D eigenvalue weighted by atomic mass is 10.2. The van der Waals surface area contributed by atoms with Crippen molar-refractivity contribution < 1.29 is 4.79 Å². The van der Waals surface area contributed by atoms with Gasteiger partial charge in [0, 0.05) is 15.7 Å². The number of amides is 1. The predicted molar refractivity (Wildman–Crippen MR) is 67.4 cm³/mol. The molecule has 16 heavy (non-hydrogen) atoms. The number of rotatable bonds is 3. The molecule has 0 aliphatic heterocycles. The summed E-state index contributed by atoms with van der Waals surface area (Å²) in [6.45, 7) is 1.96. The van der Waals surface area contributed by atoms with Gasteiger partial charge in [-0.2, -0.15) is 5.10 Å². The number of hydrogen-bond acceptors (Lipinski definition) is 2. The molecule has 3 nitrogen and oxygen atoms in total. The van der Waals surface area contributed by atoms with E-state index in [9.17, 15) is 4.79 Å². The molecule has 1 aliphatic carbocycles. The van der Waals surface area contributed by atoms with Gasteiger partial charge < -0.3 is 0 Å². The maximum Gasteiger partial charge on any atom is 0.271 e. The summed E-state index contributed by atoms with van der Waals surface area (Å²) in [6, 6.07) is 7.26. The van der Waals surface area contributed by atoms with Crippen LogP contribution in [0.5, 0.6) is 0 Å². The summed E-state index contributed by atoms with van der Waals surface area (Å²) in [5, 5.41) is 4.09. The molecule has 1 aliphatic rings. The normalized spacial score (nSPS) is 16.0. The third kappa shape index (κ3) is 2.92. The van der Waals surface area contributed by atoms with Crippen LogP contribution >= 0.6 is 15.9 Å². The van der Waals surface area contributed by atoms with E-state index < -0.39 is 0 Å². The van der Waals surface area contributed by atoms with Crippen LogP contribution in [0.1, 0.15) is 30.1 Å². The summed E-state index contributed by atoms with van der Waals surface area (Å²) >= 11 is 3.33. The summed E-state index contributed by atoms with van der Waals surface area (Å²) in [5.41, 5.74) is 4.21. The molecule has 1 amide bonds. The van der Waals surface area contributed by atoms with Gasteiger partial charge >= 0.3 is 0 Å². The lowest BCUT2D eigenvalue weighted by Crippen LogP contribution is -2.19.